The molecule has 0 spiro atoms. The van der Waals surface area contributed by atoms with E-state index < -0.39 is 60.4 Å². The molecule has 1 aliphatic heterocycles. The number of likely N-dealkylation sites (tertiary alicyclic amines) is 1. The molecule has 33 heavy (non-hydrogen) atoms. The van der Waals surface area contributed by atoms with Gasteiger partial charge in [-0.3, -0.25) is 19.2 Å². The van der Waals surface area contributed by atoms with Gasteiger partial charge in [-0.25, -0.2) is 9.78 Å². The number of carboxylic acid groups (broad SMARTS) is 1. The van der Waals surface area contributed by atoms with E-state index in [1.54, 1.807) is 0 Å². The van der Waals surface area contributed by atoms with Gasteiger partial charge in [-0.05, 0) is 19.3 Å². The number of nitrogens with one attached hydrogen (secondary N) is 3. The Hall–Kier alpha value is -3.52. The molecule has 0 bridgehead atoms. The first-order valence-corrected chi connectivity index (χ1v) is 10.4. The summed E-state index contributed by atoms with van der Waals surface area (Å²) in [5.41, 5.74) is 11.4. The van der Waals surface area contributed by atoms with Gasteiger partial charge in [-0.1, -0.05) is 0 Å². The van der Waals surface area contributed by atoms with Gasteiger partial charge in [0.05, 0.1) is 19.0 Å². The van der Waals surface area contributed by atoms with Crippen LogP contribution >= 0.6 is 0 Å². The van der Waals surface area contributed by atoms with Crippen LogP contribution < -0.4 is 22.1 Å². The summed E-state index contributed by atoms with van der Waals surface area (Å²) in [5.74, 6) is -3.96. The fourth-order valence-corrected chi connectivity index (χ4v) is 3.48. The SMILES string of the molecule is NC(=O)CCC(N)C(=O)NC(Cc1cnc[nH]1)C(=O)N1CCCC1C(=O)NC(CO)C(=O)O. The third-order valence-electron chi connectivity index (χ3n) is 5.27. The number of carboxylic acids is 1. The van der Waals surface area contributed by atoms with Crippen molar-refractivity contribution in [1.29, 1.82) is 0 Å². The van der Waals surface area contributed by atoms with Crippen LogP contribution in [0, 0.1) is 0 Å². The van der Waals surface area contributed by atoms with E-state index in [2.05, 4.69) is 20.6 Å². The summed E-state index contributed by atoms with van der Waals surface area (Å²) in [6, 6.07) is -4.64. The zero-order chi connectivity index (χ0) is 24.5. The van der Waals surface area contributed by atoms with E-state index in [1.165, 1.54) is 17.4 Å². The summed E-state index contributed by atoms with van der Waals surface area (Å²) in [6.45, 7) is -0.583. The first kappa shape index (κ1) is 25.7. The smallest absolute Gasteiger partial charge is 0.328 e. The van der Waals surface area contributed by atoms with Crippen molar-refractivity contribution in [2.75, 3.05) is 13.2 Å². The highest BCUT2D eigenvalue weighted by Crippen LogP contribution is 2.20. The number of rotatable bonds is 12. The monoisotopic (exact) mass is 467 g/mol. The third-order valence-corrected chi connectivity index (χ3v) is 5.27. The number of hydrogen-bond acceptors (Lipinski definition) is 8. The van der Waals surface area contributed by atoms with Crippen molar-refractivity contribution in [1.82, 2.24) is 25.5 Å². The minimum absolute atomic E-state index is 0.00137. The molecule has 2 rings (SSSR count). The molecular weight excluding hydrogens is 438 g/mol. The van der Waals surface area contributed by atoms with Crippen LogP contribution in [0.4, 0.5) is 0 Å². The van der Waals surface area contributed by atoms with Crippen molar-refractivity contribution < 1.29 is 34.2 Å². The molecule has 1 fully saturated rings. The average Bonchev–Trinajstić information content (AvgIpc) is 3.46. The summed E-state index contributed by atoms with van der Waals surface area (Å²) < 4.78 is 0. The number of carbonyl (C=O) groups is 5. The second-order valence-electron chi connectivity index (χ2n) is 7.73. The second kappa shape index (κ2) is 11.9. The zero-order valence-corrected chi connectivity index (χ0v) is 17.9. The molecular formula is C19H29N7O7. The summed E-state index contributed by atoms with van der Waals surface area (Å²) in [4.78, 5) is 68.5. The highest BCUT2D eigenvalue weighted by atomic mass is 16.4. The van der Waals surface area contributed by atoms with Gasteiger partial charge >= 0.3 is 5.97 Å². The van der Waals surface area contributed by atoms with E-state index in [1.807, 2.05) is 0 Å². The summed E-state index contributed by atoms with van der Waals surface area (Å²) in [7, 11) is 0. The van der Waals surface area contributed by atoms with Gasteiger partial charge in [0.25, 0.3) is 0 Å². The van der Waals surface area contributed by atoms with Crippen LogP contribution in [0.2, 0.25) is 0 Å². The predicted octanol–water partition coefficient (Wildman–Crippen LogP) is -3.42. The fraction of sp³-hybridized carbons (Fsp3) is 0.579. The lowest BCUT2D eigenvalue weighted by Crippen LogP contribution is -2.57. The topological polar surface area (TPSA) is 234 Å². The van der Waals surface area contributed by atoms with E-state index in [4.69, 9.17) is 21.7 Å². The van der Waals surface area contributed by atoms with E-state index >= 15 is 0 Å². The van der Waals surface area contributed by atoms with Crippen molar-refractivity contribution in [3.8, 4) is 0 Å². The zero-order valence-electron chi connectivity index (χ0n) is 17.9. The van der Waals surface area contributed by atoms with Crippen LogP contribution in [-0.2, 0) is 30.4 Å². The van der Waals surface area contributed by atoms with E-state index in [-0.39, 0.29) is 32.2 Å². The van der Waals surface area contributed by atoms with Crippen LogP contribution in [0.25, 0.3) is 0 Å². The molecule has 4 amide bonds. The van der Waals surface area contributed by atoms with E-state index in [0.717, 1.165) is 0 Å². The van der Waals surface area contributed by atoms with Crippen LogP contribution in [0.3, 0.4) is 0 Å². The second-order valence-corrected chi connectivity index (χ2v) is 7.73. The van der Waals surface area contributed by atoms with Crippen molar-refractivity contribution in [2.45, 2.75) is 56.3 Å². The molecule has 0 saturated carbocycles. The molecule has 182 valence electrons. The molecule has 0 aromatic carbocycles. The molecule has 9 N–H and O–H groups in total. The van der Waals surface area contributed by atoms with E-state index in [9.17, 15) is 24.0 Å². The Labute approximate surface area is 189 Å². The lowest BCUT2D eigenvalue weighted by molar-refractivity contribution is -0.145. The first-order chi connectivity index (χ1) is 15.6. The third kappa shape index (κ3) is 7.25. The Morgan fingerprint density at radius 2 is 1.97 bits per heavy atom. The number of nitrogens with two attached hydrogens (primary N) is 2. The number of nitrogens with zero attached hydrogens (tertiary/aromatic N) is 2. The van der Waals surface area contributed by atoms with Crippen molar-refractivity contribution in [3.63, 3.8) is 0 Å². The summed E-state index contributed by atoms with van der Waals surface area (Å²) in [6.07, 6.45) is 3.60. The van der Waals surface area contributed by atoms with Crippen LogP contribution in [0.15, 0.2) is 12.5 Å². The van der Waals surface area contributed by atoms with Crippen molar-refractivity contribution >= 4 is 29.6 Å². The molecule has 0 aliphatic carbocycles. The molecule has 1 aromatic rings. The molecule has 2 heterocycles. The van der Waals surface area contributed by atoms with Gasteiger partial charge in [0.1, 0.15) is 18.1 Å². The largest absolute Gasteiger partial charge is 0.480 e. The number of carbonyl (C=O) groups excluding carboxylic acids is 4. The Balaban J connectivity index is 2.15. The van der Waals surface area contributed by atoms with Crippen LogP contribution in [-0.4, -0.2) is 92.0 Å². The molecule has 1 saturated heterocycles. The van der Waals surface area contributed by atoms with Crippen LogP contribution in [0.5, 0.6) is 0 Å². The Bertz CT molecular complexity index is 861. The van der Waals surface area contributed by atoms with Crippen molar-refractivity contribution in [3.05, 3.63) is 18.2 Å². The maximum absolute atomic E-state index is 13.3. The average molecular weight is 467 g/mol. The number of aromatic amines is 1. The van der Waals surface area contributed by atoms with E-state index in [0.29, 0.717) is 12.1 Å². The van der Waals surface area contributed by atoms with Crippen LogP contribution in [0.1, 0.15) is 31.4 Å². The maximum atomic E-state index is 13.3. The standard InChI is InChI=1S/C19H29N7O7/c20-11(3-4-15(21)28)16(29)24-12(6-10-7-22-9-23-10)18(31)26-5-1-2-14(26)17(30)25-13(8-27)19(32)33/h7,9,11-14,27H,1-6,8,20H2,(H2,21,28)(H,22,23)(H,24,29)(H,25,30)(H,32,33). The molecule has 1 aromatic heterocycles. The Morgan fingerprint density at radius 3 is 2.55 bits per heavy atom. The molecule has 0 radical (unpaired) electrons. The summed E-state index contributed by atoms with van der Waals surface area (Å²) in [5, 5.41) is 23.0. The highest BCUT2D eigenvalue weighted by Gasteiger charge is 2.39. The number of primary amides is 1. The number of imidazole rings is 1. The molecule has 1 aliphatic rings. The minimum atomic E-state index is -1.50. The molecule has 4 unspecified atom stereocenters. The van der Waals surface area contributed by atoms with Gasteiger partial charge in [0.15, 0.2) is 0 Å². The van der Waals surface area contributed by atoms with Gasteiger partial charge in [-0.15, -0.1) is 0 Å². The number of aliphatic carboxylic acids is 1. The minimum Gasteiger partial charge on any atom is -0.480 e. The van der Waals surface area contributed by atoms with Crippen molar-refractivity contribution in [2.24, 2.45) is 11.5 Å². The number of amides is 4. The number of hydrogen-bond donors (Lipinski definition) is 7. The molecule has 14 nitrogen and oxygen atoms in total. The Kier molecular flexibility index (Phi) is 9.30. The van der Waals surface area contributed by atoms with Gasteiger partial charge in [0.2, 0.25) is 23.6 Å². The lowest BCUT2D eigenvalue weighted by atomic mass is 10.1. The quantitative estimate of drug-likeness (QED) is 0.162. The highest BCUT2D eigenvalue weighted by molar-refractivity contribution is 5.94. The number of aromatic nitrogens is 2. The maximum Gasteiger partial charge on any atom is 0.328 e. The van der Waals surface area contributed by atoms with Gasteiger partial charge in [-0.2, -0.15) is 0 Å². The summed E-state index contributed by atoms with van der Waals surface area (Å²) >= 11 is 0. The first-order valence-electron chi connectivity index (χ1n) is 10.4. The number of H-pyrrole nitrogens is 1. The number of aliphatic hydroxyl groups excluding tert-OH is 1. The molecule has 14 heteroatoms. The molecule has 4 atom stereocenters. The lowest BCUT2D eigenvalue weighted by Gasteiger charge is -2.29. The Morgan fingerprint density at radius 1 is 1.24 bits per heavy atom. The fourth-order valence-electron chi connectivity index (χ4n) is 3.48. The van der Waals surface area contributed by atoms with Gasteiger partial charge < -0.3 is 42.2 Å². The predicted molar refractivity (Wildman–Crippen MR) is 112 cm³/mol. The number of aliphatic hydroxyl groups is 1. The van der Waals surface area contributed by atoms with Gasteiger partial charge in [0, 0.05) is 31.3 Å². The normalized spacial score (nSPS) is 18.2.